The summed E-state index contributed by atoms with van der Waals surface area (Å²) in [5, 5.41) is 3.09. The molecule has 25 heavy (non-hydrogen) atoms. The third kappa shape index (κ3) is 3.37. The summed E-state index contributed by atoms with van der Waals surface area (Å²) in [5.74, 6) is -0.00451. The van der Waals surface area contributed by atoms with Crippen LogP contribution >= 0.6 is 11.6 Å². The third-order valence-corrected chi connectivity index (χ3v) is 6.34. The largest absolute Gasteiger partial charge is 0.358 e. The van der Waals surface area contributed by atoms with Crippen LogP contribution in [-0.4, -0.2) is 21.4 Å². The lowest BCUT2D eigenvalue weighted by atomic mass is 9.95. The number of carbonyl (C=O) groups is 1. The highest BCUT2D eigenvalue weighted by Crippen LogP contribution is 2.48. The van der Waals surface area contributed by atoms with Gasteiger partial charge in [0.25, 0.3) is 10.0 Å². The number of hydrogen-bond donors (Lipinski definition) is 2. The number of anilines is 1. The van der Waals surface area contributed by atoms with Crippen LogP contribution in [0.2, 0.25) is 5.02 Å². The van der Waals surface area contributed by atoms with Crippen molar-refractivity contribution >= 4 is 33.2 Å². The number of benzene rings is 2. The maximum absolute atomic E-state index is 12.5. The smallest absolute Gasteiger partial charge is 0.261 e. The van der Waals surface area contributed by atoms with Crippen LogP contribution in [0.25, 0.3) is 0 Å². The first kappa shape index (κ1) is 17.8. The van der Waals surface area contributed by atoms with Crippen LogP contribution in [0, 0.1) is 6.92 Å². The standard InChI is InChI=1S/C18H19ClN2O3S/c1-12-3-8-15(11-16(12)19)25(23,24)21-14-6-4-13(5-7-14)18(9-10-18)17(22)20-2/h3-8,11,21H,9-10H2,1-2H3,(H,20,22). The summed E-state index contributed by atoms with van der Waals surface area (Å²) in [6.45, 7) is 1.81. The van der Waals surface area contributed by atoms with Crippen LogP contribution in [0.4, 0.5) is 5.69 Å². The van der Waals surface area contributed by atoms with Crippen LogP contribution in [-0.2, 0) is 20.2 Å². The van der Waals surface area contributed by atoms with Gasteiger partial charge < -0.3 is 5.32 Å². The van der Waals surface area contributed by atoms with E-state index in [9.17, 15) is 13.2 Å². The quantitative estimate of drug-likeness (QED) is 0.838. The van der Waals surface area contributed by atoms with Gasteiger partial charge in [0.2, 0.25) is 5.91 Å². The number of amides is 1. The van der Waals surface area contributed by atoms with E-state index in [1.54, 1.807) is 37.4 Å². The van der Waals surface area contributed by atoms with Gasteiger partial charge in [0.1, 0.15) is 0 Å². The normalized spacial score (nSPS) is 15.5. The van der Waals surface area contributed by atoms with E-state index in [-0.39, 0.29) is 10.8 Å². The molecule has 0 radical (unpaired) electrons. The molecule has 0 heterocycles. The lowest BCUT2D eigenvalue weighted by Crippen LogP contribution is -2.31. The van der Waals surface area contributed by atoms with Crippen LogP contribution in [0.3, 0.4) is 0 Å². The molecule has 0 bridgehead atoms. The zero-order chi connectivity index (χ0) is 18.2. The monoisotopic (exact) mass is 378 g/mol. The molecule has 1 amide bonds. The molecule has 1 aliphatic carbocycles. The van der Waals surface area contributed by atoms with E-state index in [0.29, 0.717) is 10.7 Å². The van der Waals surface area contributed by atoms with Crippen LogP contribution in [0.15, 0.2) is 47.4 Å². The molecule has 1 aliphatic rings. The van der Waals surface area contributed by atoms with E-state index in [2.05, 4.69) is 10.0 Å². The van der Waals surface area contributed by atoms with Crippen molar-refractivity contribution in [1.29, 1.82) is 0 Å². The fourth-order valence-electron chi connectivity index (χ4n) is 2.82. The maximum Gasteiger partial charge on any atom is 0.261 e. The summed E-state index contributed by atoms with van der Waals surface area (Å²) in [5.41, 5.74) is 1.69. The zero-order valence-corrected chi connectivity index (χ0v) is 15.5. The number of likely N-dealkylation sites (N-methyl/N-ethyl adjacent to an activating group) is 1. The molecule has 1 saturated carbocycles. The Kier molecular flexibility index (Phi) is 4.51. The number of aryl methyl sites for hydroxylation is 1. The highest BCUT2D eigenvalue weighted by Gasteiger charge is 2.50. The lowest BCUT2D eigenvalue weighted by Gasteiger charge is -2.15. The molecule has 1 fully saturated rings. The molecule has 0 unspecified atom stereocenters. The van der Waals surface area contributed by atoms with E-state index in [1.165, 1.54) is 12.1 Å². The topological polar surface area (TPSA) is 75.3 Å². The first-order valence-electron chi connectivity index (χ1n) is 7.90. The minimum Gasteiger partial charge on any atom is -0.358 e. The Labute approximate surface area is 152 Å². The first-order chi connectivity index (χ1) is 11.8. The summed E-state index contributed by atoms with van der Waals surface area (Å²) in [6, 6.07) is 11.5. The average molecular weight is 379 g/mol. The van der Waals surface area contributed by atoms with Gasteiger partial charge in [-0.15, -0.1) is 0 Å². The van der Waals surface area contributed by atoms with Gasteiger partial charge in [-0.2, -0.15) is 0 Å². The second kappa shape index (κ2) is 6.35. The van der Waals surface area contributed by atoms with Gasteiger partial charge in [-0.1, -0.05) is 29.8 Å². The predicted molar refractivity (Wildman–Crippen MR) is 98.4 cm³/mol. The number of hydrogen-bond acceptors (Lipinski definition) is 3. The van der Waals surface area contributed by atoms with Crippen LogP contribution in [0.5, 0.6) is 0 Å². The van der Waals surface area contributed by atoms with Gasteiger partial charge in [0, 0.05) is 17.8 Å². The van der Waals surface area contributed by atoms with Crippen molar-refractivity contribution in [2.75, 3.05) is 11.8 Å². The van der Waals surface area contributed by atoms with Crippen molar-refractivity contribution in [3.05, 3.63) is 58.6 Å². The fraction of sp³-hybridized carbons (Fsp3) is 0.278. The maximum atomic E-state index is 12.5. The van der Waals surface area contributed by atoms with Crippen LogP contribution in [0.1, 0.15) is 24.0 Å². The first-order valence-corrected chi connectivity index (χ1v) is 9.76. The van der Waals surface area contributed by atoms with E-state index in [1.807, 2.05) is 6.92 Å². The highest BCUT2D eigenvalue weighted by atomic mass is 35.5. The van der Waals surface area contributed by atoms with Gasteiger partial charge in [-0.25, -0.2) is 8.42 Å². The van der Waals surface area contributed by atoms with Gasteiger partial charge in [-0.3, -0.25) is 9.52 Å². The molecular weight excluding hydrogens is 360 g/mol. The molecule has 132 valence electrons. The van der Waals surface area contributed by atoms with Crippen molar-refractivity contribution in [3.8, 4) is 0 Å². The molecule has 7 heteroatoms. The average Bonchev–Trinajstić information content (AvgIpc) is 3.38. The van der Waals surface area contributed by atoms with Crippen molar-refractivity contribution in [2.24, 2.45) is 0 Å². The molecule has 0 spiro atoms. The molecule has 0 aliphatic heterocycles. The Morgan fingerprint density at radius 1 is 1.12 bits per heavy atom. The summed E-state index contributed by atoms with van der Waals surface area (Å²) in [6.07, 6.45) is 1.61. The summed E-state index contributed by atoms with van der Waals surface area (Å²) >= 11 is 6.01. The molecule has 0 saturated heterocycles. The molecule has 2 aromatic rings. The Hall–Kier alpha value is -2.05. The second-order valence-electron chi connectivity index (χ2n) is 6.26. The van der Waals surface area contributed by atoms with E-state index in [4.69, 9.17) is 11.6 Å². The molecule has 3 rings (SSSR count). The number of sulfonamides is 1. The Bertz CT molecular complexity index is 920. The molecule has 2 aromatic carbocycles. The Morgan fingerprint density at radius 3 is 2.28 bits per heavy atom. The number of nitrogens with one attached hydrogen (secondary N) is 2. The molecule has 5 nitrogen and oxygen atoms in total. The van der Waals surface area contributed by atoms with Gasteiger partial charge in [-0.05, 0) is 55.2 Å². The van der Waals surface area contributed by atoms with Crippen molar-refractivity contribution in [2.45, 2.75) is 30.1 Å². The van der Waals surface area contributed by atoms with E-state index >= 15 is 0 Å². The lowest BCUT2D eigenvalue weighted by molar-refractivity contribution is -0.123. The van der Waals surface area contributed by atoms with Crippen molar-refractivity contribution in [1.82, 2.24) is 5.32 Å². The molecule has 2 N–H and O–H groups in total. The number of carbonyl (C=O) groups excluding carboxylic acids is 1. The summed E-state index contributed by atoms with van der Waals surface area (Å²) in [7, 11) is -2.10. The number of halogens is 1. The van der Waals surface area contributed by atoms with E-state index in [0.717, 1.165) is 24.0 Å². The SMILES string of the molecule is CNC(=O)C1(c2ccc(NS(=O)(=O)c3ccc(C)c(Cl)c3)cc2)CC1. The fourth-order valence-corrected chi connectivity index (χ4v) is 4.15. The molecular formula is C18H19ClN2O3S. The number of rotatable bonds is 5. The van der Waals surface area contributed by atoms with Gasteiger partial charge in [0.05, 0.1) is 10.3 Å². The Morgan fingerprint density at radius 2 is 1.76 bits per heavy atom. The Balaban J connectivity index is 1.81. The molecule has 0 atom stereocenters. The summed E-state index contributed by atoms with van der Waals surface area (Å²) in [4.78, 5) is 12.1. The predicted octanol–water partition coefficient (Wildman–Crippen LogP) is 3.23. The second-order valence-corrected chi connectivity index (χ2v) is 8.34. The minimum atomic E-state index is -3.72. The van der Waals surface area contributed by atoms with Crippen molar-refractivity contribution < 1.29 is 13.2 Å². The minimum absolute atomic E-state index is 0.00451. The van der Waals surface area contributed by atoms with Crippen LogP contribution < -0.4 is 10.0 Å². The van der Waals surface area contributed by atoms with Gasteiger partial charge >= 0.3 is 0 Å². The zero-order valence-electron chi connectivity index (χ0n) is 14.0. The van der Waals surface area contributed by atoms with Gasteiger partial charge in [0.15, 0.2) is 0 Å². The van der Waals surface area contributed by atoms with Crippen molar-refractivity contribution in [3.63, 3.8) is 0 Å². The van der Waals surface area contributed by atoms with E-state index < -0.39 is 15.4 Å². The summed E-state index contributed by atoms with van der Waals surface area (Å²) < 4.78 is 27.5. The third-order valence-electron chi connectivity index (χ3n) is 4.56. The molecule has 0 aromatic heterocycles. The highest BCUT2D eigenvalue weighted by molar-refractivity contribution is 7.92.